The number of likely N-dealkylation sites (tertiary alicyclic amines) is 1. The third-order valence-electron chi connectivity index (χ3n) is 8.07. The second kappa shape index (κ2) is 8.97. The van der Waals surface area contributed by atoms with Gasteiger partial charge in [-0.15, -0.1) is 0 Å². The molecule has 3 atom stereocenters. The fraction of sp³-hybridized carbons (Fsp3) is 0.667. The molecule has 4 nitrogen and oxygen atoms in total. The Hall–Kier alpha value is -1.81. The number of carbonyl (C=O) groups excluding carboxylic acids is 1. The number of aryl methyl sites for hydroxylation is 1. The van der Waals surface area contributed by atoms with Gasteiger partial charge in [-0.2, -0.15) is 0 Å². The van der Waals surface area contributed by atoms with Crippen LogP contribution in [0.1, 0.15) is 82.3 Å². The monoisotopic (exact) mass is 421 g/mol. The summed E-state index contributed by atoms with van der Waals surface area (Å²) in [6, 6.07) is 7.83. The van der Waals surface area contributed by atoms with Gasteiger partial charge in [-0.3, -0.25) is 9.69 Å². The number of carbonyl (C=O) groups is 1. The summed E-state index contributed by atoms with van der Waals surface area (Å²) in [5, 5.41) is 4.93. The number of benzene rings is 1. The van der Waals surface area contributed by atoms with Crippen LogP contribution < -0.4 is 5.32 Å². The van der Waals surface area contributed by atoms with E-state index in [9.17, 15) is 4.79 Å². The Morgan fingerprint density at radius 2 is 1.90 bits per heavy atom. The van der Waals surface area contributed by atoms with E-state index >= 15 is 0 Å². The minimum atomic E-state index is 0.115. The van der Waals surface area contributed by atoms with Gasteiger partial charge >= 0.3 is 0 Å². The fourth-order valence-electron chi connectivity index (χ4n) is 6.70. The van der Waals surface area contributed by atoms with Crippen molar-refractivity contribution in [1.82, 2.24) is 14.8 Å². The molecular formula is C27H39N3O. The summed E-state index contributed by atoms with van der Waals surface area (Å²) in [5.41, 5.74) is 4.41. The number of fused-ring (bicyclic) bond motifs is 2. The summed E-state index contributed by atoms with van der Waals surface area (Å²) in [4.78, 5) is 16.0. The molecule has 0 radical (unpaired) electrons. The molecule has 1 aliphatic heterocycles. The number of piperidine rings is 1. The summed E-state index contributed by atoms with van der Waals surface area (Å²) in [6.45, 7) is 7.63. The number of rotatable bonds is 6. The topological polar surface area (TPSA) is 37.3 Å². The van der Waals surface area contributed by atoms with E-state index < -0.39 is 0 Å². The Labute approximate surface area is 187 Å². The van der Waals surface area contributed by atoms with E-state index in [2.05, 4.69) is 53.0 Å². The van der Waals surface area contributed by atoms with Gasteiger partial charge in [-0.25, -0.2) is 0 Å². The second-order valence-corrected chi connectivity index (χ2v) is 10.2. The fourth-order valence-corrected chi connectivity index (χ4v) is 6.70. The molecule has 31 heavy (non-hydrogen) atoms. The molecule has 2 fully saturated rings. The van der Waals surface area contributed by atoms with Crippen molar-refractivity contribution < 1.29 is 4.79 Å². The highest BCUT2D eigenvalue weighted by molar-refractivity contribution is 5.89. The van der Waals surface area contributed by atoms with E-state index in [1.165, 1.54) is 41.3 Å². The van der Waals surface area contributed by atoms with Crippen LogP contribution in [0.5, 0.6) is 0 Å². The van der Waals surface area contributed by atoms with E-state index in [-0.39, 0.29) is 5.92 Å². The van der Waals surface area contributed by atoms with Crippen LogP contribution in [0.3, 0.4) is 0 Å². The molecule has 5 rings (SSSR count). The first kappa shape index (κ1) is 21.1. The molecule has 2 aromatic rings. The van der Waals surface area contributed by atoms with Gasteiger partial charge in [0.2, 0.25) is 5.91 Å². The van der Waals surface area contributed by atoms with Gasteiger partial charge in [-0.05, 0) is 62.3 Å². The summed E-state index contributed by atoms with van der Waals surface area (Å²) >= 11 is 0. The first-order chi connectivity index (χ1) is 15.2. The van der Waals surface area contributed by atoms with Crippen molar-refractivity contribution in [3.05, 3.63) is 35.5 Å². The third kappa shape index (κ3) is 3.92. The molecule has 4 heteroatoms. The highest BCUT2D eigenvalue weighted by Gasteiger charge is 2.42. The van der Waals surface area contributed by atoms with Gasteiger partial charge in [0.1, 0.15) is 0 Å². The SMILES string of the molecule is CCCN1C[C@H](C(=O)NC2CCCCC2)C[C@@H]2c3cccc4c3c(cn4CCC)C[C@H]21. The predicted molar refractivity (Wildman–Crippen MR) is 127 cm³/mol. The number of hydrogen-bond acceptors (Lipinski definition) is 2. The minimum absolute atomic E-state index is 0.115. The van der Waals surface area contributed by atoms with Crippen molar-refractivity contribution in [2.75, 3.05) is 13.1 Å². The average molecular weight is 422 g/mol. The molecule has 1 amide bonds. The van der Waals surface area contributed by atoms with Gasteiger partial charge in [0.15, 0.2) is 0 Å². The van der Waals surface area contributed by atoms with Gasteiger partial charge < -0.3 is 9.88 Å². The number of nitrogens with one attached hydrogen (secondary N) is 1. The lowest BCUT2D eigenvalue weighted by molar-refractivity contribution is -0.128. The summed E-state index contributed by atoms with van der Waals surface area (Å²) in [6.07, 6.45) is 13.0. The zero-order valence-electron chi connectivity index (χ0n) is 19.4. The molecule has 1 N–H and O–H groups in total. The molecule has 0 bridgehead atoms. The lowest BCUT2D eigenvalue weighted by atomic mass is 9.72. The highest BCUT2D eigenvalue weighted by Crippen LogP contribution is 2.45. The third-order valence-corrected chi connectivity index (χ3v) is 8.07. The summed E-state index contributed by atoms with van der Waals surface area (Å²) in [5.74, 6) is 0.897. The van der Waals surface area contributed by atoms with Gasteiger partial charge in [0.05, 0.1) is 5.92 Å². The van der Waals surface area contributed by atoms with Crippen molar-refractivity contribution in [3.8, 4) is 0 Å². The smallest absolute Gasteiger partial charge is 0.224 e. The lowest BCUT2D eigenvalue weighted by Crippen LogP contribution is -2.54. The number of hydrogen-bond donors (Lipinski definition) is 1. The normalized spacial score (nSPS) is 26.7. The van der Waals surface area contributed by atoms with Crippen molar-refractivity contribution >= 4 is 16.8 Å². The van der Waals surface area contributed by atoms with Crippen LogP contribution in [0, 0.1) is 5.92 Å². The van der Waals surface area contributed by atoms with Crippen LogP contribution in [0.4, 0.5) is 0 Å². The van der Waals surface area contributed by atoms with Crippen LogP contribution in [0.15, 0.2) is 24.4 Å². The standard InChI is InChI=1S/C27H39N3O/c1-3-13-29-17-19-16-25-23(22-11-8-12-24(29)26(19)22)15-20(18-30(25)14-4-2)27(31)28-21-9-6-5-7-10-21/h8,11-12,17,20-21,23,25H,3-7,9-10,13-16,18H2,1-2H3,(H,28,31)/t20-,23-,25-/m1/s1. The largest absolute Gasteiger partial charge is 0.353 e. The lowest BCUT2D eigenvalue weighted by Gasteiger charge is -2.47. The summed E-state index contributed by atoms with van der Waals surface area (Å²) in [7, 11) is 0. The number of amides is 1. The first-order valence-electron chi connectivity index (χ1n) is 12.8. The molecule has 0 unspecified atom stereocenters. The van der Waals surface area contributed by atoms with E-state index in [1.54, 1.807) is 0 Å². The maximum absolute atomic E-state index is 13.3. The Balaban J connectivity index is 1.44. The second-order valence-electron chi connectivity index (χ2n) is 10.2. The highest BCUT2D eigenvalue weighted by atomic mass is 16.2. The van der Waals surface area contributed by atoms with Crippen LogP contribution in [-0.2, 0) is 17.8 Å². The Morgan fingerprint density at radius 3 is 2.68 bits per heavy atom. The van der Waals surface area contributed by atoms with Crippen molar-refractivity contribution in [2.24, 2.45) is 5.92 Å². The molecule has 1 saturated heterocycles. The molecule has 168 valence electrons. The molecule has 3 aliphatic rings. The van der Waals surface area contributed by atoms with Crippen molar-refractivity contribution in [1.29, 1.82) is 0 Å². The number of nitrogens with zero attached hydrogens (tertiary/aromatic N) is 2. The van der Waals surface area contributed by atoms with Crippen molar-refractivity contribution in [3.63, 3.8) is 0 Å². The molecule has 2 aliphatic carbocycles. The Kier molecular flexibility index (Phi) is 6.10. The van der Waals surface area contributed by atoms with E-state index in [4.69, 9.17) is 0 Å². The maximum atomic E-state index is 13.3. The van der Waals surface area contributed by atoms with Crippen LogP contribution in [-0.4, -0.2) is 40.5 Å². The average Bonchev–Trinajstić information content (AvgIpc) is 3.14. The Morgan fingerprint density at radius 1 is 1.10 bits per heavy atom. The van der Waals surface area contributed by atoms with Gasteiger partial charge in [-0.1, -0.05) is 45.2 Å². The molecule has 2 heterocycles. The summed E-state index contributed by atoms with van der Waals surface area (Å²) < 4.78 is 2.46. The van der Waals surface area contributed by atoms with Crippen LogP contribution in [0.2, 0.25) is 0 Å². The zero-order chi connectivity index (χ0) is 21.4. The Bertz CT molecular complexity index is 926. The minimum Gasteiger partial charge on any atom is -0.353 e. The first-order valence-corrected chi connectivity index (χ1v) is 12.8. The quantitative estimate of drug-likeness (QED) is 0.692. The van der Waals surface area contributed by atoms with Crippen LogP contribution in [0.25, 0.3) is 10.9 Å². The molecule has 1 saturated carbocycles. The van der Waals surface area contributed by atoms with E-state index in [1.807, 2.05) is 0 Å². The maximum Gasteiger partial charge on any atom is 0.224 e. The van der Waals surface area contributed by atoms with Gasteiger partial charge in [0, 0.05) is 48.2 Å². The predicted octanol–water partition coefficient (Wildman–Crippen LogP) is 5.24. The molecule has 0 spiro atoms. The molecule has 1 aromatic carbocycles. The zero-order valence-corrected chi connectivity index (χ0v) is 19.4. The number of aromatic nitrogens is 1. The molecular weight excluding hydrogens is 382 g/mol. The van der Waals surface area contributed by atoms with Crippen LogP contribution >= 0.6 is 0 Å². The van der Waals surface area contributed by atoms with Gasteiger partial charge in [0.25, 0.3) is 0 Å². The van der Waals surface area contributed by atoms with E-state index in [0.717, 1.165) is 58.2 Å². The van der Waals surface area contributed by atoms with E-state index in [0.29, 0.717) is 23.9 Å². The molecule has 1 aromatic heterocycles. The van der Waals surface area contributed by atoms with Crippen molar-refractivity contribution in [2.45, 2.75) is 96.2 Å².